The number of unbranched alkanes of at least 4 members (excludes halogenated alkanes) is 2. The van der Waals surface area contributed by atoms with Gasteiger partial charge in [0.05, 0.1) is 0 Å². The Morgan fingerprint density at radius 2 is 1.83 bits per heavy atom. The molecule has 18 heavy (non-hydrogen) atoms. The first-order chi connectivity index (χ1) is 8.20. The van der Waals surface area contributed by atoms with Crippen LogP contribution >= 0.6 is 0 Å². The Balaban J connectivity index is 4.41. The van der Waals surface area contributed by atoms with Gasteiger partial charge in [0, 0.05) is 0 Å². The lowest BCUT2D eigenvalue weighted by molar-refractivity contribution is -0.157. The highest BCUT2D eigenvalue weighted by Gasteiger charge is 2.38. The molecule has 1 atom stereocenters. The third kappa shape index (κ3) is 6.07. The number of hydrogen-bond donors (Lipinski definition) is 0. The standard InChI is InChI=1S/C13H21F3O2/c1-5-6-7-8-11(9(2)3)18-12(17)10(4)13(14,15)16/h9,11H,4-8H2,1-3H3. The monoisotopic (exact) mass is 266 g/mol. The smallest absolute Gasteiger partial charge is 0.422 e. The van der Waals surface area contributed by atoms with E-state index in [9.17, 15) is 18.0 Å². The second kappa shape index (κ2) is 7.44. The molecule has 5 heteroatoms. The molecule has 106 valence electrons. The lowest BCUT2D eigenvalue weighted by Crippen LogP contribution is -2.28. The van der Waals surface area contributed by atoms with E-state index in [0.29, 0.717) is 6.42 Å². The van der Waals surface area contributed by atoms with E-state index in [1.807, 2.05) is 20.8 Å². The van der Waals surface area contributed by atoms with Crippen molar-refractivity contribution in [2.75, 3.05) is 0 Å². The maximum absolute atomic E-state index is 12.3. The number of esters is 1. The number of hydrogen-bond acceptors (Lipinski definition) is 2. The molecule has 0 aromatic rings. The second-order valence-electron chi connectivity index (χ2n) is 4.66. The summed E-state index contributed by atoms with van der Waals surface area (Å²) in [5, 5.41) is 0. The molecule has 2 nitrogen and oxygen atoms in total. The Kier molecular flexibility index (Phi) is 7.02. The fourth-order valence-electron chi connectivity index (χ4n) is 1.45. The molecule has 0 bridgehead atoms. The van der Waals surface area contributed by atoms with Crippen LogP contribution in [0.25, 0.3) is 0 Å². The van der Waals surface area contributed by atoms with Gasteiger partial charge in [0.1, 0.15) is 11.7 Å². The Hall–Kier alpha value is -1.00. The summed E-state index contributed by atoms with van der Waals surface area (Å²) in [6.45, 7) is 8.40. The quantitative estimate of drug-likeness (QED) is 0.391. The first kappa shape index (κ1) is 17.0. The van der Waals surface area contributed by atoms with Crippen molar-refractivity contribution in [3.8, 4) is 0 Å². The summed E-state index contributed by atoms with van der Waals surface area (Å²) < 4.78 is 41.7. The molecule has 0 saturated heterocycles. The number of alkyl halides is 3. The normalized spacial score (nSPS) is 13.5. The second-order valence-corrected chi connectivity index (χ2v) is 4.66. The highest BCUT2D eigenvalue weighted by Crippen LogP contribution is 2.26. The molecule has 0 rings (SSSR count). The lowest BCUT2D eigenvalue weighted by Gasteiger charge is -2.22. The molecule has 0 saturated carbocycles. The average molecular weight is 266 g/mol. The molecule has 0 aliphatic rings. The summed E-state index contributed by atoms with van der Waals surface area (Å²) in [7, 11) is 0. The fourth-order valence-corrected chi connectivity index (χ4v) is 1.45. The van der Waals surface area contributed by atoms with E-state index in [0.717, 1.165) is 19.3 Å². The van der Waals surface area contributed by atoms with Crippen LogP contribution in [0.15, 0.2) is 12.2 Å². The zero-order valence-electron chi connectivity index (χ0n) is 11.1. The van der Waals surface area contributed by atoms with Gasteiger partial charge in [-0.1, -0.05) is 40.2 Å². The minimum atomic E-state index is -4.72. The van der Waals surface area contributed by atoms with Gasteiger partial charge < -0.3 is 4.74 Å². The van der Waals surface area contributed by atoms with Crippen molar-refractivity contribution < 1.29 is 22.7 Å². The van der Waals surface area contributed by atoms with Gasteiger partial charge >= 0.3 is 12.1 Å². The lowest BCUT2D eigenvalue weighted by atomic mass is 10.0. The summed E-state index contributed by atoms with van der Waals surface area (Å²) in [5.74, 6) is -1.37. The Morgan fingerprint density at radius 3 is 2.22 bits per heavy atom. The Bertz CT molecular complexity index is 282. The number of carbonyl (C=O) groups excluding carboxylic acids is 1. The van der Waals surface area contributed by atoms with E-state index < -0.39 is 23.8 Å². The van der Waals surface area contributed by atoms with Crippen LogP contribution in [-0.4, -0.2) is 18.2 Å². The van der Waals surface area contributed by atoms with Crippen molar-refractivity contribution in [2.45, 2.75) is 58.7 Å². The molecule has 0 radical (unpaired) electrons. The van der Waals surface area contributed by atoms with Crippen molar-refractivity contribution in [3.63, 3.8) is 0 Å². The minimum Gasteiger partial charge on any atom is -0.459 e. The third-order valence-corrected chi connectivity index (χ3v) is 2.68. The van der Waals surface area contributed by atoms with E-state index in [4.69, 9.17) is 4.74 Å². The third-order valence-electron chi connectivity index (χ3n) is 2.68. The largest absolute Gasteiger partial charge is 0.459 e. The van der Waals surface area contributed by atoms with Crippen LogP contribution in [0.2, 0.25) is 0 Å². The number of ether oxygens (including phenoxy) is 1. The highest BCUT2D eigenvalue weighted by atomic mass is 19.4. The minimum absolute atomic E-state index is 0.00756. The molecule has 0 aliphatic carbocycles. The molecule has 0 spiro atoms. The van der Waals surface area contributed by atoms with Crippen LogP contribution in [-0.2, 0) is 9.53 Å². The van der Waals surface area contributed by atoms with Gasteiger partial charge in [-0.2, -0.15) is 13.2 Å². The van der Waals surface area contributed by atoms with Gasteiger partial charge in [0.25, 0.3) is 0 Å². The summed E-state index contributed by atoms with van der Waals surface area (Å²) in [4.78, 5) is 11.3. The van der Waals surface area contributed by atoms with Crippen molar-refractivity contribution in [3.05, 3.63) is 12.2 Å². The van der Waals surface area contributed by atoms with Crippen LogP contribution in [0.1, 0.15) is 46.5 Å². The van der Waals surface area contributed by atoms with Gasteiger partial charge in [-0.15, -0.1) is 0 Å². The van der Waals surface area contributed by atoms with Crippen LogP contribution in [0.4, 0.5) is 13.2 Å². The van der Waals surface area contributed by atoms with Crippen molar-refractivity contribution >= 4 is 5.97 Å². The number of carbonyl (C=O) groups is 1. The first-order valence-electron chi connectivity index (χ1n) is 6.17. The van der Waals surface area contributed by atoms with Crippen molar-refractivity contribution in [2.24, 2.45) is 5.92 Å². The zero-order chi connectivity index (χ0) is 14.3. The maximum Gasteiger partial charge on any atom is 0.422 e. The topological polar surface area (TPSA) is 26.3 Å². The van der Waals surface area contributed by atoms with Crippen molar-refractivity contribution in [1.29, 1.82) is 0 Å². The first-order valence-corrected chi connectivity index (χ1v) is 6.17. The van der Waals surface area contributed by atoms with E-state index in [-0.39, 0.29) is 5.92 Å². The van der Waals surface area contributed by atoms with Gasteiger partial charge in [-0.05, 0) is 18.8 Å². The summed E-state index contributed by atoms with van der Waals surface area (Å²) >= 11 is 0. The molecule has 0 aromatic carbocycles. The van der Waals surface area contributed by atoms with Crippen LogP contribution < -0.4 is 0 Å². The summed E-state index contributed by atoms with van der Waals surface area (Å²) in [6.07, 6.45) is -1.80. The molecular formula is C13H21F3O2. The van der Waals surface area contributed by atoms with E-state index >= 15 is 0 Å². The average Bonchev–Trinajstić information content (AvgIpc) is 2.25. The highest BCUT2D eigenvalue weighted by molar-refractivity contribution is 5.89. The van der Waals surface area contributed by atoms with Crippen LogP contribution in [0.3, 0.4) is 0 Å². The molecule has 0 fully saturated rings. The van der Waals surface area contributed by atoms with Gasteiger partial charge in [0.2, 0.25) is 0 Å². The zero-order valence-corrected chi connectivity index (χ0v) is 11.1. The maximum atomic E-state index is 12.3. The number of halogens is 3. The Labute approximate surface area is 106 Å². The summed E-state index contributed by atoms with van der Waals surface area (Å²) in [6, 6.07) is 0. The fraction of sp³-hybridized carbons (Fsp3) is 0.769. The molecule has 0 heterocycles. The molecule has 0 aromatic heterocycles. The molecule has 1 unspecified atom stereocenters. The molecular weight excluding hydrogens is 245 g/mol. The van der Waals surface area contributed by atoms with Gasteiger partial charge in [-0.3, -0.25) is 0 Å². The van der Waals surface area contributed by atoms with E-state index in [2.05, 4.69) is 6.58 Å². The predicted octanol–water partition coefficient (Wildman–Crippen LogP) is 4.25. The SMILES string of the molecule is C=C(C(=O)OC(CCCCC)C(C)C)C(F)(F)F. The molecule has 0 N–H and O–H groups in total. The van der Waals surface area contributed by atoms with E-state index in [1.165, 1.54) is 0 Å². The van der Waals surface area contributed by atoms with E-state index in [1.54, 1.807) is 0 Å². The summed E-state index contributed by atoms with van der Waals surface area (Å²) in [5.41, 5.74) is -1.44. The van der Waals surface area contributed by atoms with Crippen molar-refractivity contribution in [1.82, 2.24) is 0 Å². The molecule has 0 amide bonds. The Morgan fingerprint density at radius 1 is 1.28 bits per heavy atom. The predicted molar refractivity (Wildman–Crippen MR) is 64.1 cm³/mol. The van der Waals surface area contributed by atoms with Crippen LogP contribution in [0, 0.1) is 5.92 Å². The molecule has 0 aliphatic heterocycles. The van der Waals surface area contributed by atoms with Gasteiger partial charge in [0.15, 0.2) is 0 Å². The number of rotatable bonds is 7. The van der Waals surface area contributed by atoms with Crippen LogP contribution in [0.5, 0.6) is 0 Å². The van der Waals surface area contributed by atoms with Gasteiger partial charge in [-0.25, -0.2) is 4.79 Å².